The second-order valence-electron chi connectivity index (χ2n) is 7.39. The minimum atomic E-state index is -1.53. The minimum Gasteiger partial charge on any atom is -0.414 e. The van der Waals surface area contributed by atoms with E-state index in [0.717, 1.165) is 44.5 Å². The van der Waals surface area contributed by atoms with Gasteiger partial charge >= 0.3 is 17.7 Å². The van der Waals surface area contributed by atoms with Crippen molar-refractivity contribution in [2.24, 2.45) is 0 Å². The van der Waals surface area contributed by atoms with E-state index in [4.69, 9.17) is 9.47 Å². The Hall–Kier alpha value is -2.82. The van der Waals surface area contributed by atoms with Gasteiger partial charge in [-0.3, -0.25) is 4.79 Å². The molecule has 1 atom stereocenters. The van der Waals surface area contributed by atoms with Gasteiger partial charge in [0.25, 0.3) is 0 Å². The zero-order valence-electron chi connectivity index (χ0n) is 17.4. The van der Waals surface area contributed by atoms with Crippen LogP contribution in [0.15, 0.2) is 48.5 Å². The summed E-state index contributed by atoms with van der Waals surface area (Å²) >= 11 is 0. The molecule has 1 heterocycles. The molecular weight excluding hydrogens is 366 g/mol. The van der Waals surface area contributed by atoms with E-state index in [9.17, 15) is 9.59 Å². The van der Waals surface area contributed by atoms with Crippen LogP contribution in [0.4, 0.5) is 5.69 Å². The summed E-state index contributed by atoms with van der Waals surface area (Å²) in [6, 6.07) is 14.8. The Morgan fingerprint density at radius 3 is 2.21 bits per heavy atom. The number of fused-ring (bicyclic) bond motifs is 1. The number of cyclic esters (lactones) is 1. The number of ether oxygens (including phenoxy) is 2. The first-order chi connectivity index (χ1) is 14.0. The van der Waals surface area contributed by atoms with Gasteiger partial charge in [0.1, 0.15) is 0 Å². The molecule has 5 heteroatoms. The Bertz CT molecular complexity index is 849. The number of nitrogens with zero attached hydrogens (tertiary/aromatic N) is 1. The van der Waals surface area contributed by atoms with Crippen molar-refractivity contribution in [3.63, 3.8) is 0 Å². The Balaban J connectivity index is 1.97. The SMILES string of the molecule is CCCCN(CCCC)c1ccc(C2(OC(C)=O)OC(=O)c3ccccc32)cc1. The van der Waals surface area contributed by atoms with Crippen LogP contribution in [0.25, 0.3) is 0 Å². The molecule has 0 saturated carbocycles. The summed E-state index contributed by atoms with van der Waals surface area (Å²) in [5.74, 6) is -2.53. The number of anilines is 1. The normalized spacial score (nSPS) is 17.6. The standard InChI is InChI=1S/C24H29NO4/c1-4-6-16-25(17-7-5-2)20-14-12-19(13-15-20)24(28-18(3)26)22-11-9-8-10-21(22)23(27)29-24/h8-15H,4-7,16-17H2,1-3H3. The van der Waals surface area contributed by atoms with Gasteiger partial charge in [0.2, 0.25) is 0 Å². The molecule has 0 radical (unpaired) electrons. The van der Waals surface area contributed by atoms with Gasteiger partial charge < -0.3 is 14.4 Å². The highest BCUT2D eigenvalue weighted by atomic mass is 16.7. The molecule has 2 aromatic rings. The van der Waals surface area contributed by atoms with E-state index < -0.39 is 17.7 Å². The van der Waals surface area contributed by atoms with E-state index >= 15 is 0 Å². The lowest BCUT2D eigenvalue weighted by atomic mass is 9.95. The van der Waals surface area contributed by atoms with E-state index in [1.807, 2.05) is 30.3 Å². The lowest BCUT2D eigenvalue weighted by molar-refractivity contribution is -0.191. The predicted octanol–water partition coefficient (Wildman–Crippen LogP) is 5.03. The third kappa shape index (κ3) is 4.29. The smallest absolute Gasteiger partial charge is 0.342 e. The highest BCUT2D eigenvalue weighted by Gasteiger charge is 2.50. The van der Waals surface area contributed by atoms with Crippen molar-refractivity contribution in [3.8, 4) is 0 Å². The van der Waals surface area contributed by atoms with Crippen LogP contribution >= 0.6 is 0 Å². The van der Waals surface area contributed by atoms with Crippen LogP contribution in [0.2, 0.25) is 0 Å². The quantitative estimate of drug-likeness (QED) is 0.558. The fourth-order valence-corrected chi connectivity index (χ4v) is 3.70. The molecule has 5 nitrogen and oxygen atoms in total. The second-order valence-corrected chi connectivity index (χ2v) is 7.39. The number of hydrogen-bond acceptors (Lipinski definition) is 5. The van der Waals surface area contributed by atoms with Crippen molar-refractivity contribution < 1.29 is 19.1 Å². The summed E-state index contributed by atoms with van der Waals surface area (Å²) in [6.07, 6.45) is 4.55. The van der Waals surface area contributed by atoms with Crippen LogP contribution in [0.5, 0.6) is 0 Å². The largest absolute Gasteiger partial charge is 0.414 e. The number of rotatable bonds is 9. The maximum absolute atomic E-state index is 12.4. The molecule has 0 amide bonds. The van der Waals surface area contributed by atoms with Gasteiger partial charge in [-0.2, -0.15) is 0 Å². The van der Waals surface area contributed by atoms with Gasteiger partial charge in [0, 0.05) is 31.3 Å². The van der Waals surface area contributed by atoms with E-state index in [0.29, 0.717) is 16.7 Å². The van der Waals surface area contributed by atoms with E-state index in [1.54, 1.807) is 18.2 Å². The van der Waals surface area contributed by atoms with Crippen LogP contribution in [0.1, 0.15) is 67.9 Å². The van der Waals surface area contributed by atoms with Crippen LogP contribution < -0.4 is 4.90 Å². The number of carbonyl (C=O) groups is 2. The molecule has 1 unspecified atom stereocenters. The fourth-order valence-electron chi connectivity index (χ4n) is 3.70. The molecule has 2 aromatic carbocycles. The average molecular weight is 395 g/mol. The van der Waals surface area contributed by atoms with Gasteiger partial charge in [-0.05, 0) is 49.2 Å². The fraction of sp³-hybridized carbons (Fsp3) is 0.417. The average Bonchev–Trinajstić information content (AvgIpc) is 3.01. The number of unbranched alkanes of at least 4 members (excludes halogenated alkanes) is 2. The van der Waals surface area contributed by atoms with E-state index in [1.165, 1.54) is 6.92 Å². The zero-order valence-corrected chi connectivity index (χ0v) is 17.4. The molecule has 0 aliphatic carbocycles. The molecule has 1 aliphatic rings. The van der Waals surface area contributed by atoms with Gasteiger partial charge in [0.05, 0.1) is 11.1 Å². The summed E-state index contributed by atoms with van der Waals surface area (Å²) in [4.78, 5) is 26.7. The monoisotopic (exact) mass is 395 g/mol. The molecule has 0 spiro atoms. The van der Waals surface area contributed by atoms with Crippen LogP contribution in [-0.2, 0) is 20.1 Å². The lowest BCUT2D eigenvalue weighted by Crippen LogP contribution is -2.33. The molecule has 0 bridgehead atoms. The van der Waals surface area contributed by atoms with E-state index in [2.05, 4.69) is 18.7 Å². The number of esters is 2. The molecule has 0 saturated heterocycles. The van der Waals surface area contributed by atoms with Crippen molar-refractivity contribution >= 4 is 17.6 Å². The van der Waals surface area contributed by atoms with Crippen LogP contribution in [-0.4, -0.2) is 25.0 Å². The first-order valence-electron chi connectivity index (χ1n) is 10.4. The van der Waals surface area contributed by atoms with Crippen molar-refractivity contribution in [3.05, 3.63) is 65.2 Å². The first-order valence-corrected chi connectivity index (χ1v) is 10.4. The number of benzene rings is 2. The Morgan fingerprint density at radius 1 is 1.00 bits per heavy atom. The highest BCUT2D eigenvalue weighted by Crippen LogP contribution is 2.43. The highest BCUT2D eigenvalue weighted by molar-refractivity contribution is 5.95. The third-order valence-corrected chi connectivity index (χ3v) is 5.20. The number of carbonyl (C=O) groups excluding carboxylic acids is 2. The van der Waals surface area contributed by atoms with Crippen LogP contribution in [0, 0.1) is 0 Å². The molecule has 29 heavy (non-hydrogen) atoms. The number of hydrogen-bond donors (Lipinski definition) is 0. The molecule has 0 N–H and O–H groups in total. The summed E-state index contributed by atoms with van der Waals surface area (Å²) in [6.45, 7) is 7.71. The molecule has 154 valence electrons. The summed E-state index contributed by atoms with van der Waals surface area (Å²) in [7, 11) is 0. The topological polar surface area (TPSA) is 55.8 Å². The Morgan fingerprint density at radius 2 is 1.62 bits per heavy atom. The van der Waals surface area contributed by atoms with Gasteiger partial charge in [0.15, 0.2) is 0 Å². The maximum atomic E-state index is 12.4. The second kappa shape index (κ2) is 9.12. The van der Waals surface area contributed by atoms with Crippen molar-refractivity contribution in [2.45, 2.75) is 52.2 Å². The third-order valence-electron chi connectivity index (χ3n) is 5.20. The van der Waals surface area contributed by atoms with Crippen molar-refractivity contribution in [2.75, 3.05) is 18.0 Å². The van der Waals surface area contributed by atoms with Crippen molar-refractivity contribution in [1.82, 2.24) is 0 Å². The molecule has 0 fully saturated rings. The van der Waals surface area contributed by atoms with Gasteiger partial charge in [-0.25, -0.2) is 4.79 Å². The molecule has 1 aliphatic heterocycles. The predicted molar refractivity (Wildman–Crippen MR) is 113 cm³/mol. The summed E-state index contributed by atoms with van der Waals surface area (Å²) < 4.78 is 11.3. The van der Waals surface area contributed by atoms with Gasteiger partial charge in [-0.1, -0.05) is 38.8 Å². The Kier molecular flexibility index (Phi) is 6.57. The maximum Gasteiger partial charge on any atom is 0.342 e. The first kappa shape index (κ1) is 20.9. The summed E-state index contributed by atoms with van der Waals surface area (Å²) in [5, 5.41) is 0. The molecule has 0 aromatic heterocycles. The minimum absolute atomic E-state index is 0.422. The Labute approximate surface area is 172 Å². The molecule has 3 rings (SSSR count). The van der Waals surface area contributed by atoms with Crippen molar-refractivity contribution in [1.29, 1.82) is 0 Å². The van der Waals surface area contributed by atoms with Gasteiger partial charge in [-0.15, -0.1) is 0 Å². The lowest BCUT2D eigenvalue weighted by Gasteiger charge is -2.29. The molecular formula is C24H29NO4. The van der Waals surface area contributed by atoms with E-state index in [-0.39, 0.29) is 0 Å². The zero-order chi connectivity index (χ0) is 20.9. The summed E-state index contributed by atoms with van der Waals surface area (Å²) in [5.41, 5.74) is 2.72. The van der Waals surface area contributed by atoms with Crippen LogP contribution in [0.3, 0.4) is 0 Å².